The molecule has 0 aromatic rings. The summed E-state index contributed by atoms with van der Waals surface area (Å²) in [6, 6.07) is 0. The molecule has 0 aliphatic rings. The smallest absolute Gasteiger partial charge is 0.308 e. The number of hydrogen-bond acceptors (Lipinski definition) is 5. The predicted octanol–water partition coefficient (Wildman–Crippen LogP) is 0.0455. The first kappa shape index (κ1) is 13.4. The minimum Gasteiger partial charge on any atom is -0.433 e. The van der Waals surface area contributed by atoms with E-state index in [1.54, 1.807) is 6.92 Å². The third kappa shape index (κ3) is 5.16. The highest BCUT2D eigenvalue weighted by Gasteiger charge is 2.22. The van der Waals surface area contributed by atoms with Crippen LogP contribution < -0.4 is 0 Å². The van der Waals surface area contributed by atoms with E-state index in [0.29, 0.717) is 13.0 Å². The van der Waals surface area contributed by atoms with Crippen LogP contribution in [-0.2, 0) is 14.3 Å². The molecule has 2 N–H and O–H groups in total. The lowest BCUT2D eigenvalue weighted by molar-refractivity contribution is -0.206. The molecule has 0 aliphatic carbocycles. The van der Waals surface area contributed by atoms with Gasteiger partial charge in [0, 0.05) is 13.0 Å². The van der Waals surface area contributed by atoms with Crippen molar-refractivity contribution in [2.75, 3.05) is 13.2 Å². The zero-order valence-corrected chi connectivity index (χ0v) is 8.60. The Bertz CT molecular complexity index is 159. The van der Waals surface area contributed by atoms with Gasteiger partial charge >= 0.3 is 5.97 Å². The highest BCUT2D eigenvalue weighted by Crippen LogP contribution is 2.04. The van der Waals surface area contributed by atoms with Crippen molar-refractivity contribution in [1.82, 2.24) is 0 Å². The third-order valence-corrected chi connectivity index (χ3v) is 1.53. The molecule has 0 heterocycles. The van der Waals surface area contributed by atoms with Crippen molar-refractivity contribution in [3.63, 3.8) is 0 Å². The van der Waals surface area contributed by atoms with Crippen molar-refractivity contribution < 1.29 is 24.5 Å². The van der Waals surface area contributed by atoms with E-state index in [2.05, 4.69) is 0 Å². The van der Waals surface area contributed by atoms with Crippen LogP contribution in [0.4, 0.5) is 0 Å². The fourth-order valence-electron chi connectivity index (χ4n) is 0.867. The third-order valence-electron chi connectivity index (χ3n) is 1.53. The number of carbonyl (C=O) groups excluding carboxylic acids is 1. The van der Waals surface area contributed by atoms with E-state index < -0.39 is 25.0 Å². The summed E-state index contributed by atoms with van der Waals surface area (Å²) in [5.74, 6) is -0.432. The van der Waals surface area contributed by atoms with Crippen LogP contribution in [0.3, 0.4) is 0 Å². The average molecular weight is 206 g/mol. The van der Waals surface area contributed by atoms with Crippen LogP contribution in [0.15, 0.2) is 0 Å². The molecule has 2 atom stereocenters. The van der Waals surface area contributed by atoms with E-state index in [-0.39, 0.29) is 6.42 Å². The monoisotopic (exact) mass is 206 g/mol. The van der Waals surface area contributed by atoms with Gasteiger partial charge in [-0.25, -0.2) is 0 Å². The summed E-state index contributed by atoms with van der Waals surface area (Å²) < 4.78 is 9.77. The van der Waals surface area contributed by atoms with Gasteiger partial charge in [0.1, 0.15) is 6.10 Å². The Morgan fingerprint density at radius 3 is 2.50 bits per heavy atom. The van der Waals surface area contributed by atoms with E-state index in [4.69, 9.17) is 14.6 Å². The summed E-state index contributed by atoms with van der Waals surface area (Å²) in [6.45, 7) is 3.37. The van der Waals surface area contributed by atoms with E-state index in [0.717, 1.165) is 0 Å². The molecule has 84 valence electrons. The van der Waals surface area contributed by atoms with Gasteiger partial charge in [-0.1, -0.05) is 6.92 Å². The number of carbonyl (C=O) groups is 1. The Hall–Kier alpha value is -0.650. The molecule has 0 spiro atoms. The first-order valence-corrected chi connectivity index (χ1v) is 4.75. The number of ether oxygens (including phenoxy) is 2. The summed E-state index contributed by atoms with van der Waals surface area (Å²) in [7, 11) is 0. The molecule has 0 rings (SSSR count). The maximum absolute atomic E-state index is 11.1. The number of rotatable bonds is 7. The maximum atomic E-state index is 11.1. The molecule has 0 fully saturated rings. The summed E-state index contributed by atoms with van der Waals surface area (Å²) in [5.41, 5.74) is 0. The zero-order valence-electron chi connectivity index (χ0n) is 8.60. The number of aliphatic hydroxyl groups is 2. The first-order valence-electron chi connectivity index (χ1n) is 4.75. The van der Waals surface area contributed by atoms with E-state index in [1.165, 1.54) is 0 Å². The molecule has 0 aromatic carbocycles. The minimum atomic E-state index is -1.18. The second-order valence-electron chi connectivity index (χ2n) is 2.81. The molecule has 14 heavy (non-hydrogen) atoms. The lowest BCUT2D eigenvalue weighted by Crippen LogP contribution is -2.36. The highest BCUT2D eigenvalue weighted by molar-refractivity contribution is 5.69. The van der Waals surface area contributed by atoms with Crippen LogP contribution in [0.1, 0.15) is 26.7 Å². The van der Waals surface area contributed by atoms with Gasteiger partial charge in [-0.15, -0.1) is 0 Å². The fourth-order valence-corrected chi connectivity index (χ4v) is 0.867. The lowest BCUT2D eigenvalue weighted by atomic mass is 10.3. The summed E-state index contributed by atoms with van der Waals surface area (Å²) >= 11 is 0. The molecule has 0 radical (unpaired) electrons. The maximum Gasteiger partial charge on any atom is 0.308 e. The fraction of sp³-hybridized carbons (Fsp3) is 0.889. The average Bonchev–Trinajstić information content (AvgIpc) is 2.16. The normalized spacial score (nSPS) is 14.9. The van der Waals surface area contributed by atoms with Crippen molar-refractivity contribution in [3.05, 3.63) is 0 Å². The van der Waals surface area contributed by atoms with E-state index >= 15 is 0 Å². The van der Waals surface area contributed by atoms with Gasteiger partial charge in [-0.2, -0.15) is 0 Å². The number of aliphatic hydroxyl groups excluding tert-OH is 2. The van der Waals surface area contributed by atoms with Crippen molar-refractivity contribution >= 4 is 5.97 Å². The SMILES string of the molecule is CCCC(=O)OC(OCC)C(O)CO. The van der Waals surface area contributed by atoms with Crippen molar-refractivity contribution in [3.8, 4) is 0 Å². The van der Waals surface area contributed by atoms with Gasteiger partial charge in [0.15, 0.2) is 0 Å². The Morgan fingerprint density at radius 1 is 1.43 bits per heavy atom. The summed E-state index contributed by atoms with van der Waals surface area (Å²) in [5, 5.41) is 17.9. The second kappa shape index (κ2) is 7.73. The van der Waals surface area contributed by atoms with Crippen LogP contribution in [0.2, 0.25) is 0 Å². The molecule has 5 nitrogen and oxygen atoms in total. The Labute approximate surface area is 83.6 Å². The van der Waals surface area contributed by atoms with Gasteiger partial charge in [0.05, 0.1) is 6.61 Å². The molecule has 0 aromatic heterocycles. The molecular formula is C9H18O5. The van der Waals surface area contributed by atoms with Gasteiger partial charge in [0.2, 0.25) is 6.29 Å². The van der Waals surface area contributed by atoms with Crippen LogP contribution in [-0.4, -0.2) is 41.8 Å². The van der Waals surface area contributed by atoms with Crippen molar-refractivity contribution in [2.45, 2.75) is 39.1 Å². The van der Waals surface area contributed by atoms with E-state index in [9.17, 15) is 9.90 Å². The van der Waals surface area contributed by atoms with Crippen LogP contribution in [0.5, 0.6) is 0 Å². The summed E-state index contributed by atoms with van der Waals surface area (Å²) in [6.07, 6.45) is -1.30. The Balaban J connectivity index is 4.01. The molecule has 0 bridgehead atoms. The zero-order chi connectivity index (χ0) is 11.0. The minimum absolute atomic E-state index is 0.279. The van der Waals surface area contributed by atoms with Gasteiger partial charge < -0.3 is 19.7 Å². The second-order valence-corrected chi connectivity index (χ2v) is 2.81. The Kier molecular flexibility index (Phi) is 7.37. The topological polar surface area (TPSA) is 76.0 Å². The van der Waals surface area contributed by atoms with Crippen LogP contribution in [0.25, 0.3) is 0 Å². The largest absolute Gasteiger partial charge is 0.433 e. The molecule has 0 aliphatic heterocycles. The molecule has 5 heteroatoms. The van der Waals surface area contributed by atoms with Crippen molar-refractivity contribution in [1.29, 1.82) is 0 Å². The van der Waals surface area contributed by atoms with E-state index in [1.807, 2.05) is 6.92 Å². The standard InChI is InChI=1S/C9H18O5/c1-3-5-8(12)14-9(13-4-2)7(11)6-10/h7,9-11H,3-6H2,1-2H3. The molecule has 2 unspecified atom stereocenters. The van der Waals surface area contributed by atoms with Gasteiger partial charge in [-0.3, -0.25) is 4.79 Å². The predicted molar refractivity (Wildman–Crippen MR) is 49.5 cm³/mol. The van der Waals surface area contributed by atoms with Crippen molar-refractivity contribution in [2.24, 2.45) is 0 Å². The van der Waals surface area contributed by atoms with Gasteiger partial charge in [-0.05, 0) is 13.3 Å². The first-order chi connectivity index (χ1) is 6.65. The Morgan fingerprint density at radius 2 is 2.07 bits per heavy atom. The van der Waals surface area contributed by atoms with Crippen LogP contribution >= 0.6 is 0 Å². The molecule has 0 amide bonds. The molecule has 0 saturated carbocycles. The quantitative estimate of drug-likeness (QED) is 0.454. The number of hydrogen-bond donors (Lipinski definition) is 2. The number of esters is 1. The molecule has 0 saturated heterocycles. The van der Waals surface area contributed by atoms with Crippen LogP contribution in [0, 0.1) is 0 Å². The molecular weight excluding hydrogens is 188 g/mol. The lowest BCUT2D eigenvalue weighted by Gasteiger charge is -2.21. The highest BCUT2D eigenvalue weighted by atomic mass is 16.7. The summed E-state index contributed by atoms with van der Waals surface area (Å²) in [4.78, 5) is 11.1. The van der Waals surface area contributed by atoms with Gasteiger partial charge in [0.25, 0.3) is 0 Å².